The number of rotatable bonds is 6. The van der Waals surface area contributed by atoms with Crippen molar-refractivity contribution in [3.8, 4) is 0 Å². The van der Waals surface area contributed by atoms with Gasteiger partial charge in [0, 0.05) is 31.6 Å². The van der Waals surface area contributed by atoms with Crippen LogP contribution in [0.3, 0.4) is 0 Å². The third-order valence-electron chi connectivity index (χ3n) is 4.69. The molecule has 27 heavy (non-hydrogen) atoms. The Bertz CT molecular complexity index is 883. The summed E-state index contributed by atoms with van der Waals surface area (Å²) in [6.07, 6.45) is 1.89. The molecule has 1 aliphatic heterocycles. The van der Waals surface area contributed by atoms with Crippen LogP contribution in [0.5, 0.6) is 0 Å². The van der Waals surface area contributed by atoms with Gasteiger partial charge in [0.2, 0.25) is 10.0 Å². The summed E-state index contributed by atoms with van der Waals surface area (Å²) < 4.78 is 26.7. The van der Waals surface area contributed by atoms with Crippen molar-refractivity contribution in [1.29, 1.82) is 0 Å². The van der Waals surface area contributed by atoms with Crippen LogP contribution >= 0.6 is 11.3 Å². The molecule has 1 saturated heterocycles. The van der Waals surface area contributed by atoms with E-state index in [4.69, 9.17) is 0 Å². The zero-order valence-electron chi connectivity index (χ0n) is 15.7. The Hall–Kier alpha value is -1.90. The molecule has 0 bridgehead atoms. The monoisotopic (exact) mass is 406 g/mol. The molecule has 8 heteroatoms. The van der Waals surface area contributed by atoms with E-state index in [2.05, 4.69) is 34.0 Å². The third kappa shape index (κ3) is 4.88. The van der Waals surface area contributed by atoms with Crippen LogP contribution in [0.2, 0.25) is 0 Å². The smallest absolute Gasteiger partial charge is 0.243 e. The summed E-state index contributed by atoms with van der Waals surface area (Å²) >= 11 is 1.72. The minimum Gasteiger partial charge on any atom is -0.352 e. The van der Waals surface area contributed by atoms with Crippen LogP contribution in [-0.2, 0) is 23.1 Å². The molecule has 3 rings (SSSR count). The minimum atomic E-state index is -3.35. The lowest BCUT2D eigenvalue weighted by Gasteiger charge is -2.16. The molecule has 146 valence electrons. The summed E-state index contributed by atoms with van der Waals surface area (Å²) in [5.74, 6) is 0.719. The molecule has 1 aliphatic rings. The zero-order chi connectivity index (χ0) is 19.3. The number of nitrogens with one attached hydrogen (secondary N) is 2. The Labute approximate surface area is 165 Å². The minimum absolute atomic E-state index is 0.365. The molecule has 0 spiro atoms. The van der Waals surface area contributed by atoms with Crippen LogP contribution in [0.25, 0.3) is 0 Å². The summed E-state index contributed by atoms with van der Waals surface area (Å²) in [5, 5.41) is 8.65. The Kier molecular flexibility index (Phi) is 6.51. The van der Waals surface area contributed by atoms with E-state index >= 15 is 0 Å². The fourth-order valence-electron chi connectivity index (χ4n) is 3.01. The molecular weight excluding hydrogens is 380 g/mol. The molecule has 2 heterocycles. The SMILES string of the molecule is CN=C(NCc1ccc(S(=O)(=O)N2CCCC2)cc1)NCc1sccc1C. The summed E-state index contributed by atoms with van der Waals surface area (Å²) in [4.78, 5) is 5.89. The summed E-state index contributed by atoms with van der Waals surface area (Å²) in [6.45, 7) is 4.65. The van der Waals surface area contributed by atoms with Crippen molar-refractivity contribution in [3.05, 3.63) is 51.7 Å². The molecule has 1 aromatic carbocycles. The Morgan fingerprint density at radius 2 is 1.78 bits per heavy atom. The first-order chi connectivity index (χ1) is 13.0. The number of sulfonamides is 1. The predicted molar refractivity (Wildman–Crippen MR) is 111 cm³/mol. The van der Waals surface area contributed by atoms with Gasteiger partial charge in [0.25, 0.3) is 0 Å². The lowest BCUT2D eigenvalue weighted by molar-refractivity contribution is 0.477. The molecule has 0 amide bonds. The highest BCUT2D eigenvalue weighted by Gasteiger charge is 2.26. The maximum atomic E-state index is 12.6. The highest BCUT2D eigenvalue weighted by Crippen LogP contribution is 2.21. The van der Waals surface area contributed by atoms with Gasteiger partial charge in [-0.3, -0.25) is 4.99 Å². The average Bonchev–Trinajstić information content (AvgIpc) is 3.35. The second kappa shape index (κ2) is 8.86. The standard InChI is InChI=1S/C19H26N4O2S2/c1-15-9-12-26-18(15)14-22-19(20-2)21-13-16-5-7-17(8-6-16)27(24,25)23-10-3-4-11-23/h5-9,12H,3-4,10-11,13-14H2,1-2H3,(H2,20,21,22). The van der Waals surface area contributed by atoms with E-state index in [0.29, 0.717) is 24.5 Å². The van der Waals surface area contributed by atoms with Crippen molar-refractivity contribution in [2.75, 3.05) is 20.1 Å². The van der Waals surface area contributed by atoms with Crippen LogP contribution in [0.15, 0.2) is 45.6 Å². The van der Waals surface area contributed by atoms with Crippen molar-refractivity contribution >= 4 is 27.3 Å². The Morgan fingerprint density at radius 1 is 1.11 bits per heavy atom. The number of aryl methyl sites for hydroxylation is 1. The topological polar surface area (TPSA) is 73.8 Å². The lowest BCUT2D eigenvalue weighted by Crippen LogP contribution is -2.36. The highest BCUT2D eigenvalue weighted by molar-refractivity contribution is 7.89. The molecule has 0 saturated carbocycles. The first-order valence-electron chi connectivity index (χ1n) is 9.07. The molecule has 1 aromatic heterocycles. The maximum Gasteiger partial charge on any atom is 0.243 e. The van der Waals surface area contributed by atoms with E-state index < -0.39 is 10.0 Å². The summed E-state index contributed by atoms with van der Waals surface area (Å²) in [7, 11) is -1.61. The van der Waals surface area contributed by atoms with E-state index in [-0.39, 0.29) is 0 Å². The number of benzene rings is 1. The Balaban J connectivity index is 1.55. The van der Waals surface area contributed by atoms with Gasteiger partial charge in [-0.1, -0.05) is 12.1 Å². The maximum absolute atomic E-state index is 12.6. The largest absolute Gasteiger partial charge is 0.352 e. The van der Waals surface area contributed by atoms with Crippen molar-refractivity contribution in [2.24, 2.45) is 4.99 Å². The number of hydrogen-bond donors (Lipinski definition) is 2. The fraction of sp³-hybridized carbons (Fsp3) is 0.421. The van der Waals surface area contributed by atoms with E-state index in [0.717, 1.165) is 30.9 Å². The van der Waals surface area contributed by atoms with Gasteiger partial charge in [-0.25, -0.2) is 8.42 Å². The van der Waals surface area contributed by atoms with Crippen LogP contribution in [-0.4, -0.2) is 38.8 Å². The molecule has 2 N–H and O–H groups in total. The second-order valence-corrected chi connectivity index (χ2v) is 9.50. The molecule has 0 atom stereocenters. The zero-order valence-corrected chi connectivity index (χ0v) is 17.4. The average molecular weight is 407 g/mol. The van der Waals surface area contributed by atoms with Gasteiger partial charge < -0.3 is 10.6 Å². The summed E-state index contributed by atoms with van der Waals surface area (Å²) in [5.41, 5.74) is 2.28. The van der Waals surface area contributed by atoms with Crippen LogP contribution in [0, 0.1) is 6.92 Å². The number of aliphatic imine (C=N–C) groups is 1. The Morgan fingerprint density at radius 3 is 2.37 bits per heavy atom. The first kappa shape index (κ1) is 19.9. The lowest BCUT2D eigenvalue weighted by atomic mass is 10.2. The van der Waals surface area contributed by atoms with E-state index in [1.807, 2.05) is 12.1 Å². The molecule has 0 aliphatic carbocycles. The molecule has 6 nitrogen and oxygen atoms in total. The van der Waals surface area contributed by atoms with Crippen molar-refractivity contribution in [1.82, 2.24) is 14.9 Å². The van der Waals surface area contributed by atoms with Gasteiger partial charge in [-0.15, -0.1) is 11.3 Å². The highest BCUT2D eigenvalue weighted by atomic mass is 32.2. The van der Waals surface area contributed by atoms with E-state index in [1.54, 1.807) is 34.8 Å². The van der Waals surface area contributed by atoms with Gasteiger partial charge in [0.1, 0.15) is 0 Å². The number of guanidine groups is 1. The van der Waals surface area contributed by atoms with Crippen molar-refractivity contribution < 1.29 is 8.42 Å². The molecular formula is C19H26N4O2S2. The van der Waals surface area contributed by atoms with Crippen molar-refractivity contribution in [3.63, 3.8) is 0 Å². The van der Waals surface area contributed by atoms with Crippen molar-refractivity contribution in [2.45, 2.75) is 37.8 Å². The molecule has 2 aromatic rings. The van der Waals surface area contributed by atoms with E-state index in [9.17, 15) is 8.42 Å². The number of nitrogens with zero attached hydrogens (tertiary/aromatic N) is 2. The van der Waals surface area contributed by atoms with Gasteiger partial charge in [0.05, 0.1) is 11.4 Å². The fourth-order valence-corrected chi connectivity index (χ4v) is 5.38. The number of thiophene rings is 1. The molecule has 1 fully saturated rings. The third-order valence-corrected chi connectivity index (χ3v) is 7.63. The second-order valence-electron chi connectivity index (χ2n) is 6.56. The van der Waals surface area contributed by atoms with Crippen LogP contribution in [0.1, 0.15) is 28.8 Å². The molecule has 0 unspecified atom stereocenters. The van der Waals surface area contributed by atoms with Gasteiger partial charge >= 0.3 is 0 Å². The first-order valence-corrected chi connectivity index (χ1v) is 11.4. The quantitative estimate of drug-likeness (QED) is 0.571. The summed E-state index contributed by atoms with van der Waals surface area (Å²) in [6, 6.07) is 9.20. The van der Waals surface area contributed by atoms with Gasteiger partial charge in [-0.2, -0.15) is 4.31 Å². The van der Waals surface area contributed by atoms with E-state index in [1.165, 1.54) is 10.4 Å². The number of hydrogen-bond acceptors (Lipinski definition) is 4. The predicted octanol–water partition coefficient (Wildman–Crippen LogP) is 2.71. The van der Waals surface area contributed by atoms with Gasteiger partial charge in [0.15, 0.2) is 5.96 Å². The normalized spacial score (nSPS) is 15.9. The van der Waals surface area contributed by atoms with Crippen LogP contribution < -0.4 is 10.6 Å². The van der Waals surface area contributed by atoms with Crippen LogP contribution in [0.4, 0.5) is 0 Å². The van der Waals surface area contributed by atoms with Gasteiger partial charge in [-0.05, 0) is 54.5 Å². The molecule has 0 radical (unpaired) electrons.